The highest BCUT2D eigenvalue weighted by Gasteiger charge is 2.28. The second-order valence-corrected chi connectivity index (χ2v) is 4.98. The Morgan fingerprint density at radius 1 is 1.44 bits per heavy atom. The Bertz CT molecular complexity index is 653. The predicted molar refractivity (Wildman–Crippen MR) is 58.6 cm³/mol. The molecule has 1 aliphatic heterocycles. The fourth-order valence-electron chi connectivity index (χ4n) is 1.47. The van der Waals surface area contributed by atoms with Crippen LogP contribution < -0.4 is 15.2 Å². The molecule has 1 heterocycles. The average Bonchev–Trinajstić information content (AvgIpc) is 2.25. The van der Waals surface area contributed by atoms with Crippen molar-refractivity contribution in [1.29, 1.82) is 0 Å². The number of nitro benzene ring substituents is 1. The predicted octanol–water partition coefficient (Wildman–Crippen LogP) is -0.427. The van der Waals surface area contributed by atoms with Gasteiger partial charge >= 0.3 is 0 Å². The minimum atomic E-state index is -4.28. The number of hydrogen-bond acceptors (Lipinski definition) is 6. The van der Waals surface area contributed by atoms with Gasteiger partial charge in [0.25, 0.3) is 11.6 Å². The molecule has 18 heavy (non-hydrogen) atoms. The van der Waals surface area contributed by atoms with Crippen molar-refractivity contribution < 1.29 is 22.9 Å². The van der Waals surface area contributed by atoms with Crippen molar-refractivity contribution in [3.05, 3.63) is 22.2 Å². The molecular formula is C8H7N3O6S. The summed E-state index contributed by atoms with van der Waals surface area (Å²) in [6.07, 6.45) is 0. The van der Waals surface area contributed by atoms with Crippen LogP contribution in [0.1, 0.15) is 0 Å². The summed E-state index contributed by atoms with van der Waals surface area (Å²) in [6.45, 7) is -0.293. The Hall–Kier alpha value is -2.20. The number of benzene rings is 1. The van der Waals surface area contributed by atoms with Crippen molar-refractivity contribution >= 4 is 27.3 Å². The van der Waals surface area contributed by atoms with Gasteiger partial charge in [0.2, 0.25) is 10.0 Å². The number of fused-ring (bicyclic) bond motifs is 1. The molecule has 0 spiro atoms. The van der Waals surface area contributed by atoms with E-state index in [0.29, 0.717) is 0 Å². The number of carbonyl (C=O) groups is 1. The molecule has 2 rings (SSSR count). The lowest BCUT2D eigenvalue weighted by molar-refractivity contribution is -0.387. The molecule has 3 N–H and O–H groups in total. The van der Waals surface area contributed by atoms with Crippen LogP contribution in [0.3, 0.4) is 0 Å². The van der Waals surface area contributed by atoms with Gasteiger partial charge in [-0.3, -0.25) is 14.9 Å². The zero-order chi connectivity index (χ0) is 13.5. The summed E-state index contributed by atoms with van der Waals surface area (Å²) < 4.78 is 27.4. The van der Waals surface area contributed by atoms with Gasteiger partial charge in [-0.25, -0.2) is 13.6 Å². The number of amides is 1. The van der Waals surface area contributed by atoms with Gasteiger partial charge in [0.15, 0.2) is 17.3 Å². The maximum Gasteiger partial charge on any atom is 0.293 e. The van der Waals surface area contributed by atoms with Crippen LogP contribution in [0.25, 0.3) is 0 Å². The molecule has 1 amide bonds. The zero-order valence-electron chi connectivity index (χ0n) is 8.74. The number of nitrogens with zero attached hydrogens (tertiary/aromatic N) is 1. The highest BCUT2D eigenvalue weighted by Crippen LogP contribution is 2.36. The minimum absolute atomic E-state index is 0.0219. The number of carbonyl (C=O) groups excluding carboxylic acids is 1. The molecule has 0 saturated carbocycles. The number of rotatable bonds is 2. The highest BCUT2D eigenvalue weighted by molar-refractivity contribution is 7.89. The molecular weight excluding hydrogens is 266 g/mol. The maximum absolute atomic E-state index is 11.2. The Labute approximate surface area is 101 Å². The van der Waals surface area contributed by atoms with Gasteiger partial charge in [-0.15, -0.1) is 0 Å². The van der Waals surface area contributed by atoms with E-state index < -0.39 is 31.4 Å². The van der Waals surface area contributed by atoms with Crippen LogP contribution in [0.4, 0.5) is 11.4 Å². The summed E-state index contributed by atoms with van der Waals surface area (Å²) in [4.78, 5) is 20.2. The molecule has 0 fully saturated rings. The normalized spacial score (nSPS) is 14.4. The van der Waals surface area contributed by atoms with Gasteiger partial charge < -0.3 is 10.1 Å². The van der Waals surface area contributed by atoms with Crippen molar-refractivity contribution in [1.82, 2.24) is 0 Å². The summed E-state index contributed by atoms with van der Waals surface area (Å²) in [5.74, 6) is -0.467. The molecule has 1 aliphatic rings. The van der Waals surface area contributed by atoms with Crippen molar-refractivity contribution in [2.45, 2.75) is 4.90 Å². The Morgan fingerprint density at radius 3 is 2.67 bits per heavy atom. The van der Waals surface area contributed by atoms with Gasteiger partial charge in [0, 0.05) is 0 Å². The summed E-state index contributed by atoms with van der Waals surface area (Å²) in [6, 6.07) is 1.81. The fraction of sp³-hybridized carbons (Fsp3) is 0.125. The summed E-state index contributed by atoms with van der Waals surface area (Å²) in [5.41, 5.74) is -0.673. The molecule has 0 atom stereocenters. The van der Waals surface area contributed by atoms with E-state index >= 15 is 0 Å². The second-order valence-electron chi connectivity index (χ2n) is 3.46. The van der Waals surface area contributed by atoms with Crippen LogP contribution in [0.2, 0.25) is 0 Å². The number of nitrogens with two attached hydrogens (primary N) is 1. The van der Waals surface area contributed by atoms with Crippen LogP contribution in [0, 0.1) is 10.1 Å². The van der Waals surface area contributed by atoms with Crippen molar-refractivity contribution in [2.75, 3.05) is 11.9 Å². The van der Waals surface area contributed by atoms with E-state index in [1.165, 1.54) is 0 Å². The first kappa shape index (κ1) is 12.3. The first-order chi connectivity index (χ1) is 8.29. The third-order valence-electron chi connectivity index (χ3n) is 2.20. The number of primary sulfonamides is 1. The topological polar surface area (TPSA) is 142 Å². The van der Waals surface area contributed by atoms with Gasteiger partial charge in [-0.05, 0) is 6.07 Å². The lowest BCUT2D eigenvalue weighted by Gasteiger charge is -2.18. The number of nitrogens with one attached hydrogen (secondary N) is 1. The molecule has 1 aromatic carbocycles. The quantitative estimate of drug-likeness (QED) is 0.553. The second kappa shape index (κ2) is 3.92. The number of sulfonamides is 1. The van der Waals surface area contributed by atoms with Crippen LogP contribution in [-0.2, 0) is 14.8 Å². The molecule has 0 aliphatic carbocycles. The molecule has 0 saturated heterocycles. The van der Waals surface area contributed by atoms with E-state index in [9.17, 15) is 23.3 Å². The first-order valence-corrected chi connectivity index (χ1v) is 6.11. The fourth-order valence-corrected chi connectivity index (χ4v) is 2.17. The third-order valence-corrected chi connectivity index (χ3v) is 3.14. The number of anilines is 1. The Morgan fingerprint density at radius 2 is 2.11 bits per heavy atom. The van der Waals surface area contributed by atoms with Gasteiger partial charge in [0.05, 0.1) is 16.7 Å². The monoisotopic (exact) mass is 273 g/mol. The van der Waals surface area contributed by atoms with Crippen LogP contribution in [0.15, 0.2) is 17.0 Å². The van der Waals surface area contributed by atoms with Crippen LogP contribution in [0.5, 0.6) is 5.75 Å². The lowest BCUT2D eigenvalue weighted by atomic mass is 10.2. The van der Waals surface area contributed by atoms with Gasteiger partial charge in [0.1, 0.15) is 0 Å². The van der Waals surface area contributed by atoms with E-state index in [1.54, 1.807) is 0 Å². The van der Waals surface area contributed by atoms with E-state index in [4.69, 9.17) is 9.88 Å². The molecule has 0 bridgehead atoms. The van der Waals surface area contributed by atoms with E-state index in [-0.39, 0.29) is 18.0 Å². The van der Waals surface area contributed by atoms with Crippen molar-refractivity contribution in [3.63, 3.8) is 0 Å². The molecule has 0 aromatic heterocycles. The minimum Gasteiger partial charge on any atom is -0.481 e. The molecule has 96 valence electrons. The van der Waals surface area contributed by atoms with Crippen molar-refractivity contribution in [3.8, 4) is 5.75 Å². The molecule has 0 radical (unpaired) electrons. The SMILES string of the molecule is NS(=O)(=O)c1cc2c(cc1[N+](=O)[O-])OCC(=O)N2. The number of nitro groups is 1. The van der Waals surface area contributed by atoms with E-state index in [2.05, 4.69) is 5.32 Å². The first-order valence-electron chi connectivity index (χ1n) is 4.57. The average molecular weight is 273 g/mol. The molecule has 1 aromatic rings. The van der Waals surface area contributed by atoms with Crippen molar-refractivity contribution in [2.24, 2.45) is 5.14 Å². The number of hydrogen-bond donors (Lipinski definition) is 2. The lowest BCUT2D eigenvalue weighted by Crippen LogP contribution is -2.26. The molecule has 10 heteroatoms. The van der Waals surface area contributed by atoms with Gasteiger partial charge in [-0.1, -0.05) is 0 Å². The third kappa shape index (κ3) is 2.10. The summed E-state index contributed by atoms with van der Waals surface area (Å²) in [7, 11) is -4.28. The summed E-state index contributed by atoms with van der Waals surface area (Å²) in [5, 5.41) is 18.0. The number of ether oxygens (including phenoxy) is 1. The summed E-state index contributed by atoms with van der Waals surface area (Å²) >= 11 is 0. The van der Waals surface area contributed by atoms with E-state index in [0.717, 1.165) is 12.1 Å². The van der Waals surface area contributed by atoms with Crippen LogP contribution >= 0.6 is 0 Å². The largest absolute Gasteiger partial charge is 0.481 e. The molecule has 9 nitrogen and oxygen atoms in total. The Kier molecular flexibility index (Phi) is 2.67. The maximum atomic E-state index is 11.2. The Balaban J connectivity index is 2.69. The van der Waals surface area contributed by atoms with E-state index in [1.807, 2.05) is 0 Å². The standard InChI is InChI=1S/C8H7N3O6S/c9-18(15,16)7-1-4-6(2-5(7)11(13)14)17-3-8(12)10-4/h1-2H,3H2,(H,10,12)(H2,9,15,16). The highest BCUT2D eigenvalue weighted by atomic mass is 32.2. The zero-order valence-corrected chi connectivity index (χ0v) is 9.56. The van der Waals surface area contributed by atoms with Gasteiger partial charge in [-0.2, -0.15) is 0 Å². The smallest absolute Gasteiger partial charge is 0.293 e. The molecule has 0 unspecified atom stereocenters. The van der Waals surface area contributed by atoms with Crippen LogP contribution in [-0.4, -0.2) is 25.9 Å².